The number of hydrogen-bond acceptors (Lipinski definition) is 2. The third-order valence-electron chi connectivity index (χ3n) is 3.99. The van der Waals surface area contributed by atoms with Gasteiger partial charge in [-0.15, -0.1) is 0 Å². The van der Waals surface area contributed by atoms with Crippen LogP contribution < -0.4 is 4.90 Å². The molecule has 2 nitrogen and oxygen atoms in total. The molecule has 1 atom stereocenters. The van der Waals surface area contributed by atoms with Crippen LogP contribution in [0.25, 0.3) is 0 Å². The van der Waals surface area contributed by atoms with Gasteiger partial charge in [-0.3, -0.25) is 0 Å². The molecule has 1 aromatic carbocycles. The summed E-state index contributed by atoms with van der Waals surface area (Å²) in [5.74, 6) is 0.616. The lowest BCUT2D eigenvalue weighted by atomic mass is 9.99. The second-order valence-electron chi connectivity index (χ2n) is 5.44. The number of aryl methyl sites for hydroxylation is 1. The first-order valence-corrected chi connectivity index (χ1v) is 7.31. The zero-order chi connectivity index (χ0) is 13.7. The van der Waals surface area contributed by atoms with Crippen LogP contribution in [0.15, 0.2) is 18.2 Å². The first kappa shape index (κ1) is 14.3. The SMILES string of the molecule is CCC(C)CCc1ccc(N2CCOCC2)c(F)c1. The van der Waals surface area contributed by atoms with Crippen LogP contribution >= 0.6 is 0 Å². The summed E-state index contributed by atoms with van der Waals surface area (Å²) in [7, 11) is 0. The number of anilines is 1. The van der Waals surface area contributed by atoms with E-state index in [1.54, 1.807) is 6.07 Å². The van der Waals surface area contributed by atoms with Crippen LogP contribution in [0.1, 0.15) is 32.3 Å². The molecule has 1 aliphatic rings. The lowest BCUT2D eigenvalue weighted by Crippen LogP contribution is -2.36. The van der Waals surface area contributed by atoms with E-state index in [0.29, 0.717) is 19.1 Å². The molecule has 1 unspecified atom stereocenters. The topological polar surface area (TPSA) is 12.5 Å². The molecule has 1 fully saturated rings. The van der Waals surface area contributed by atoms with Gasteiger partial charge in [-0.25, -0.2) is 4.39 Å². The molecule has 0 aromatic heterocycles. The van der Waals surface area contributed by atoms with Crippen LogP contribution in [0.3, 0.4) is 0 Å². The Kier molecular flexibility index (Phi) is 5.20. The van der Waals surface area contributed by atoms with Crippen molar-refractivity contribution in [2.45, 2.75) is 33.1 Å². The number of benzene rings is 1. The zero-order valence-corrected chi connectivity index (χ0v) is 12.0. The van der Waals surface area contributed by atoms with Gasteiger partial charge in [0.05, 0.1) is 18.9 Å². The lowest BCUT2D eigenvalue weighted by Gasteiger charge is -2.29. The summed E-state index contributed by atoms with van der Waals surface area (Å²) >= 11 is 0. The van der Waals surface area contributed by atoms with Crippen LogP contribution in [0.4, 0.5) is 10.1 Å². The molecule has 106 valence electrons. The van der Waals surface area contributed by atoms with E-state index in [1.807, 2.05) is 6.07 Å². The fourth-order valence-electron chi connectivity index (χ4n) is 2.38. The van der Waals surface area contributed by atoms with E-state index >= 15 is 0 Å². The van der Waals surface area contributed by atoms with Gasteiger partial charge < -0.3 is 9.64 Å². The highest BCUT2D eigenvalue weighted by Gasteiger charge is 2.15. The minimum atomic E-state index is -0.0939. The number of rotatable bonds is 5. The summed E-state index contributed by atoms with van der Waals surface area (Å²) in [6.45, 7) is 7.39. The quantitative estimate of drug-likeness (QED) is 0.806. The van der Waals surface area contributed by atoms with Gasteiger partial charge in [0.2, 0.25) is 0 Å². The van der Waals surface area contributed by atoms with Crippen LogP contribution in [-0.4, -0.2) is 26.3 Å². The van der Waals surface area contributed by atoms with Gasteiger partial charge in [0.15, 0.2) is 0 Å². The number of halogens is 1. The Hall–Kier alpha value is -1.09. The van der Waals surface area contributed by atoms with E-state index in [-0.39, 0.29) is 5.82 Å². The molecule has 19 heavy (non-hydrogen) atoms. The Morgan fingerprint density at radius 1 is 1.32 bits per heavy atom. The van der Waals surface area contributed by atoms with Gasteiger partial charge in [0.25, 0.3) is 0 Å². The molecule has 3 heteroatoms. The van der Waals surface area contributed by atoms with Crippen molar-refractivity contribution in [3.63, 3.8) is 0 Å². The van der Waals surface area contributed by atoms with E-state index in [9.17, 15) is 4.39 Å². The molecule has 0 N–H and O–H groups in total. The van der Waals surface area contributed by atoms with Crippen molar-refractivity contribution in [2.75, 3.05) is 31.2 Å². The molecule has 0 saturated carbocycles. The standard InChI is InChI=1S/C16H24FNO/c1-3-13(2)4-5-14-6-7-16(15(17)12-14)18-8-10-19-11-9-18/h6-7,12-13H,3-5,8-11H2,1-2H3. The van der Waals surface area contributed by atoms with Crippen molar-refractivity contribution in [1.29, 1.82) is 0 Å². The fourth-order valence-corrected chi connectivity index (χ4v) is 2.38. The Bertz CT molecular complexity index is 402. The highest BCUT2D eigenvalue weighted by atomic mass is 19.1. The van der Waals surface area contributed by atoms with E-state index in [0.717, 1.165) is 37.2 Å². The Morgan fingerprint density at radius 3 is 2.68 bits per heavy atom. The monoisotopic (exact) mass is 265 g/mol. The third kappa shape index (κ3) is 3.93. The smallest absolute Gasteiger partial charge is 0.146 e. The van der Waals surface area contributed by atoms with Gasteiger partial charge in [-0.05, 0) is 36.5 Å². The van der Waals surface area contributed by atoms with Crippen molar-refractivity contribution in [1.82, 2.24) is 0 Å². The highest BCUT2D eigenvalue weighted by Crippen LogP contribution is 2.23. The Labute approximate surface area is 115 Å². The minimum Gasteiger partial charge on any atom is -0.378 e. The predicted octanol–water partition coefficient (Wildman–Crippen LogP) is 3.64. The maximum absolute atomic E-state index is 14.2. The number of hydrogen-bond donors (Lipinski definition) is 0. The average Bonchev–Trinajstić information content (AvgIpc) is 2.45. The molecule has 1 aliphatic heterocycles. The fraction of sp³-hybridized carbons (Fsp3) is 0.625. The molecule has 0 aliphatic carbocycles. The number of nitrogens with zero attached hydrogens (tertiary/aromatic N) is 1. The molecular formula is C16H24FNO. The lowest BCUT2D eigenvalue weighted by molar-refractivity contribution is 0.122. The maximum atomic E-state index is 14.2. The summed E-state index contributed by atoms with van der Waals surface area (Å²) in [5.41, 5.74) is 1.82. The third-order valence-corrected chi connectivity index (χ3v) is 3.99. The normalized spacial score (nSPS) is 17.5. The molecule has 0 spiro atoms. The molecule has 2 rings (SSSR count). The minimum absolute atomic E-state index is 0.0939. The molecule has 1 saturated heterocycles. The largest absolute Gasteiger partial charge is 0.378 e. The summed E-state index contributed by atoms with van der Waals surface area (Å²) in [5, 5.41) is 0. The van der Waals surface area contributed by atoms with E-state index in [2.05, 4.69) is 24.8 Å². The van der Waals surface area contributed by atoms with Crippen LogP contribution in [0.5, 0.6) is 0 Å². The zero-order valence-electron chi connectivity index (χ0n) is 12.0. The van der Waals surface area contributed by atoms with Crippen molar-refractivity contribution >= 4 is 5.69 Å². The van der Waals surface area contributed by atoms with Crippen molar-refractivity contribution in [2.24, 2.45) is 5.92 Å². The summed E-state index contributed by atoms with van der Waals surface area (Å²) in [4.78, 5) is 2.07. The first-order valence-electron chi connectivity index (χ1n) is 7.31. The molecule has 0 radical (unpaired) electrons. The van der Waals surface area contributed by atoms with Crippen molar-refractivity contribution < 1.29 is 9.13 Å². The second kappa shape index (κ2) is 6.90. The second-order valence-corrected chi connectivity index (χ2v) is 5.44. The van der Waals surface area contributed by atoms with Gasteiger partial charge in [-0.1, -0.05) is 26.3 Å². The number of morpholine rings is 1. The predicted molar refractivity (Wildman–Crippen MR) is 77.2 cm³/mol. The van der Waals surface area contributed by atoms with E-state index < -0.39 is 0 Å². The molecule has 0 amide bonds. The summed E-state index contributed by atoms with van der Waals surface area (Å²) < 4.78 is 19.5. The van der Waals surface area contributed by atoms with E-state index in [1.165, 1.54) is 6.42 Å². The van der Waals surface area contributed by atoms with Crippen LogP contribution in [0, 0.1) is 11.7 Å². The summed E-state index contributed by atoms with van der Waals surface area (Å²) in [6.07, 6.45) is 3.29. The molecule has 1 heterocycles. The summed E-state index contributed by atoms with van der Waals surface area (Å²) in [6, 6.07) is 5.69. The molecule has 1 aromatic rings. The van der Waals surface area contributed by atoms with Gasteiger partial charge in [0.1, 0.15) is 5.82 Å². The van der Waals surface area contributed by atoms with Gasteiger partial charge >= 0.3 is 0 Å². The first-order chi connectivity index (χ1) is 9.20. The van der Waals surface area contributed by atoms with Crippen LogP contribution in [-0.2, 0) is 11.2 Å². The highest BCUT2D eigenvalue weighted by molar-refractivity contribution is 5.49. The van der Waals surface area contributed by atoms with Gasteiger partial charge in [-0.2, -0.15) is 0 Å². The van der Waals surface area contributed by atoms with Gasteiger partial charge in [0, 0.05) is 13.1 Å². The number of ether oxygens (including phenoxy) is 1. The molecule has 0 bridgehead atoms. The van der Waals surface area contributed by atoms with Crippen LogP contribution in [0.2, 0.25) is 0 Å². The average molecular weight is 265 g/mol. The Morgan fingerprint density at radius 2 is 2.05 bits per heavy atom. The maximum Gasteiger partial charge on any atom is 0.146 e. The van der Waals surface area contributed by atoms with Crippen molar-refractivity contribution in [3.8, 4) is 0 Å². The molecular weight excluding hydrogens is 241 g/mol. The Balaban J connectivity index is 2.00. The van der Waals surface area contributed by atoms with Crippen molar-refractivity contribution in [3.05, 3.63) is 29.6 Å². The van der Waals surface area contributed by atoms with E-state index in [4.69, 9.17) is 4.74 Å².